The zero-order chi connectivity index (χ0) is 22.7. The van der Waals surface area contributed by atoms with Gasteiger partial charge in [0.05, 0.1) is 5.02 Å². The lowest BCUT2D eigenvalue weighted by atomic mass is 10.2. The van der Waals surface area contributed by atoms with Crippen LogP contribution in [0, 0.1) is 0 Å². The van der Waals surface area contributed by atoms with Crippen molar-refractivity contribution in [3.8, 4) is 17.2 Å². The van der Waals surface area contributed by atoms with E-state index in [0.717, 1.165) is 5.56 Å². The standard InChI is InChI=1S/C23H17Cl2N3O3S/c1-13(30-19-9-7-15(24)11-17(19)25)21(29)28-23(32)26-16-8-10-20-18(12-16)27-22(31-20)14-5-3-2-4-6-14/h2-13H,1H3,(H2,26,28,29,32). The van der Waals surface area contributed by atoms with Gasteiger partial charge in [-0.2, -0.15) is 0 Å². The molecule has 0 aliphatic heterocycles. The normalized spacial score (nSPS) is 11.7. The molecule has 1 unspecified atom stereocenters. The molecule has 162 valence electrons. The van der Waals surface area contributed by atoms with Crippen molar-refractivity contribution in [2.45, 2.75) is 13.0 Å². The lowest BCUT2D eigenvalue weighted by Gasteiger charge is -2.16. The molecule has 0 spiro atoms. The number of halogens is 2. The minimum absolute atomic E-state index is 0.124. The molecule has 1 aromatic heterocycles. The minimum atomic E-state index is -0.833. The van der Waals surface area contributed by atoms with Gasteiger partial charge in [0.25, 0.3) is 5.91 Å². The average molecular weight is 486 g/mol. The molecule has 4 aromatic rings. The predicted octanol–water partition coefficient (Wildman–Crippen LogP) is 6.08. The number of benzene rings is 3. The second-order valence-corrected chi connectivity index (χ2v) is 8.10. The van der Waals surface area contributed by atoms with Crippen molar-refractivity contribution in [2.75, 3.05) is 5.32 Å². The third kappa shape index (κ3) is 5.19. The number of amides is 1. The Labute approximate surface area is 199 Å². The van der Waals surface area contributed by atoms with Crippen molar-refractivity contribution in [1.82, 2.24) is 10.3 Å². The number of ether oxygens (including phenoxy) is 1. The minimum Gasteiger partial charge on any atom is -0.479 e. The molecule has 0 bridgehead atoms. The Morgan fingerprint density at radius 3 is 2.62 bits per heavy atom. The smallest absolute Gasteiger partial charge is 0.266 e. The topological polar surface area (TPSA) is 76.4 Å². The molecule has 0 aliphatic carbocycles. The van der Waals surface area contributed by atoms with E-state index in [4.69, 9.17) is 44.6 Å². The Morgan fingerprint density at radius 2 is 1.88 bits per heavy atom. The van der Waals surface area contributed by atoms with Gasteiger partial charge < -0.3 is 14.5 Å². The number of thiocarbonyl (C=S) groups is 1. The van der Waals surface area contributed by atoms with Gasteiger partial charge in [-0.25, -0.2) is 4.98 Å². The number of oxazole rings is 1. The molecule has 0 radical (unpaired) electrons. The van der Waals surface area contributed by atoms with E-state index in [0.29, 0.717) is 38.5 Å². The van der Waals surface area contributed by atoms with Gasteiger partial charge in [-0.05, 0) is 67.7 Å². The van der Waals surface area contributed by atoms with Crippen LogP contribution in [0.4, 0.5) is 5.69 Å². The van der Waals surface area contributed by atoms with E-state index in [9.17, 15) is 4.79 Å². The van der Waals surface area contributed by atoms with Crippen LogP contribution in [0.2, 0.25) is 10.0 Å². The molecule has 6 nitrogen and oxygen atoms in total. The largest absolute Gasteiger partial charge is 0.479 e. The van der Waals surface area contributed by atoms with Crippen molar-refractivity contribution in [2.24, 2.45) is 0 Å². The van der Waals surface area contributed by atoms with Crippen molar-refractivity contribution in [1.29, 1.82) is 0 Å². The van der Waals surface area contributed by atoms with Crippen LogP contribution in [0.25, 0.3) is 22.6 Å². The summed E-state index contributed by atoms with van der Waals surface area (Å²) in [5.41, 5.74) is 2.85. The molecule has 2 N–H and O–H groups in total. The second-order valence-electron chi connectivity index (χ2n) is 6.85. The van der Waals surface area contributed by atoms with E-state index in [-0.39, 0.29) is 5.11 Å². The van der Waals surface area contributed by atoms with Gasteiger partial charge in [-0.1, -0.05) is 41.4 Å². The van der Waals surface area contributed by atoms with E-state index < -0.39 is 12.0 Å². The SMILES string of the molecule is CC(Oc1ccc(Cl)cc1Cl)C(=O)NC(=S)Nc1ccc2oc(-c3ccccc3)nc2c1. The van der Waals surface area contributed by atoms with Gasteiger partial charge in [0.15, 0.2) is 16.8 Å². The molecule has 9 heteroatoms. The maximum atomic E-state index is 12.4. The molecule has 3 aromatic carbocycles. The number of hydrogen-bond acceptors (Lipinski definition) is 5. The summed E-state index contributed by atoms with van der Waals surface area (Å²) in [5.74, 6) is 0.450. The van der Waals surface area contributed by atoms with Crippen LogP contribution in [0.1, 0.15) is 6.92 Å². The maximum absolute atomic E-state index is 12.4. The summed E-state index contributed by atoms with van der Waals surface area (Å²) in [6.45, 7) is 1.59. The van der Waals surface area contributed by atoms with Crippen molar-refractivity contribution >= 4 is 63.2 Å². The Morgan fingerprint density at radius 1 is 1.09 bits per heavy atom. The van der Waals surface area contributed by atoms with E-state index >= 15 is 0 Å². The number of rotatable bonds is 5. The highest BCUT2D eigenvalue weighted by Gasteiger charge is 2.18. The summed E-state index contributed by atoms with van der Waals surface area (Å²) in [7, 11) is 0. The van der Waals surface area contributed by atoms with Crippen molar-refractivity contribution in [3.05, 3.63) is 76.8 Å². The van der Waals surface area contributed by atoms with Crippen LogP contribution in [0.3, 0.4) is 0 Å². The molecule has 1 atom stereocenters. The highest BCUT2D eigenvalue weighted by atomic mass is 35.5. The number of aromatic nitrogens is 1. The van der Waals surface area contributed by atoms with Crippen LogP contribution < -0.4 is 15.4 Å². The fourth-order valence-electron chi connectivity index (χ4n) is 2.90. The Balaban J connectivity index is 1.39. The first kappa shape index (κ1) is 22.1. The summed E-state index contributed by atoms with van der Waals surface area (Å²) in [6, 6.07) is 19.8. The molecule has 0 saturated carbocycles. The van der Waals surface area contributed by atoms with E-state index in [1.165, 1.54) is 0 Å². The highest BCUT2D eigenvalue weighted by molar-refractivity contribution is 7.80. The van der Waals surface area contributed by atoms with Crippen LogP contribution in [-0.2, 0) is 4.79 Å². The van der Waals surface area contributed by atoms with Crippen molar-refractivity contribution in [3.63, 3.8) is 0 Å². The Bertz CT molecular complexity index is 1290. The molecule has 0 saturated heterocycles. The number of fused-ring (bicyclic) bond motifs is 1. The number of anilines is 1. The predicted molar refractivity (Wildman–Crippen MR) is 130 cm³/mol. The number of carbonyl (C=O) groups excluding carboxylic acids is 1. The lowest BCUT2D eigenvalue weighted by Crippen LogP contribution is -2.42. The molecular formula is C23H17Cl2N3O3S. The number of carbonyl (C=O) groups is 1. The summed E-state index contributed by atoms with van der Waals surface area (Å²) in [4.78, 5) is 17.0. The first-order valence-electron chi connectivity index (χ1n) is 9.58. The van der Waals surface area contributed by atoms with Crippen LogP contribution in [0.5, 0.6) is 5.75 Å². The van der Waals surface area contributed by atoms with Crippen molar-refractivity contribution < 1.29 is 13.9 Å². The van der Waals surface area contributed by atoms with Crippen LogP contribution in [0.15, 0.2) is 71.1 Å². The molecule has 32 heavy (non-hydrogen) atoms. The second kappa shape index (κ2) is 9.56. The molecule has 1 amide bonds. The van der Waals surface area contributed by atoms with Gasteiger partial charge >= 0.3 is 0 Å². The zero-order valence-electron chi connectivity index (χ0n) is 16.8. The zero-order valence-corrected chi connectivity index (χ0v) is 19.1. The Kier molecular flexibility index (Phi) is 6.60. The number of nitrogens with zero attached hydrogens (tertiary/aromatic N) is 1. The van der Waals surface area contributed by atoms with E-state index in [1.807, 2.05) is 30.3 Å². The number of hydrogen-bond donors (Lipinski definition) is 2. The monoisotopic (exact) mass is 485 g/mol. The van der Waals surface area contributed by atoms with E-state index in [1.54, 1.807) is 43.3 Å². The van der Waals surface area contributed by atoms with Gasteiger partial charge in [-0.15, -0.1) is 0 Å². The molecule has 1 heterocycles. The molecule has 0 aliphatic rings. The summed E-state index contributed by atoms with van der Waals surface area (Å²) < 4.78 is 11.4. The average Bonchev–Trinajstić information content (AvgIpc) is 3.19. The van der Waals surface area contributed by atoms with Crippen LogP contribution in [-0.4, -0.2) is 22.1 Å². The fourth-order valence-corrected chi connectivity index (χ4v) is 3.57. The first-order chi connectivity index (χ1) is 15.4. The van der Waals surface area contributed by atoms with Gasteiger partial charge in [0, 0.05) is 16.3 Å². The highest BCUT2D eigenvalue weighted by Crippen LogP contribution is 2.28. The lowest BCUT2D eigenvalue weighted by molar-refractivity contribution is -0.125. The number of nitrogens with one attached hydrogen (secondary N) is 2. The molecule has 0 fully saturated rings. The Hall–Kier alpha value is -3.13. The van der Waals surface area contributed by atoms with Gasteiger partial charge in [0.1, 0.15) is 11.3 Å². The van der Waals surface area contributed by atoms with Gasteiger partial charge in [-0.3, -0.25) is 10.1 Å². The summed E-state index contributed by atoms with van der Waals surface area (Å²) in [6.07, 6.45) is -0.833. The third-order valence-corrected chi connectivity index (χ3v) is 5.20. The maximum Gasteiger partial charge on any atom is 0.266 e. The first-order valence-corrected chi connectivity index (χ1v) is 10.7. The van der Waals surface area contributed by atoms with Gasteiger partial charge in [0.2, 0.25) is 5.89 Å². The molecular weight excluding hydrogens is 469 g/mol. The summed E-state index contributed by atoms with van der Waals surface area (Å²) >= 11 is 17.2. The third-order valence-electron chi connectivity index (χ3n) is 4.47. The molecule has 4 rings (SSSR count). The fraction of sp³-hybridized carbons (Fsp3) is 0.0870. The quantitative estimate of drug-likeness (QED) is 0.333. The summed E-state index contributed by atoms with van der Waals surface area (Å²) in [5, 5.41) is 6.49. The van der Waals surface area contributed by atoms with E-state index in [2.05, 4.69) is 15.6 Å². The van der Waals surface area contributed by atoms with Crippen LogP contribution >= 0.6 is 35.4 Å².